The highest BCUT2D eigenvalue weighted by Crippen LogP contribution is 2.13. The van der Waals surface area contributed by atoms with Gasteiger partial charge in [-0.1, -0.05) is 38.1 Å². The van der Waals surface area contributed by atoms with Crippen LogP contribution in [0.4, 0.5) is 0 Å². The summed E-state index contributed by atoms with van der Waals surface area (Å²) in [6.45, 7) is 13.1. The zero-order chi connectivity index (χ0) is 19.8. The number of nitrogens with one attached hydrogen (secondary N) is 2. The van der Waals surface area contributed by atoms with Gasteiger partial charge in [0.05, 0.1) is 5.69 Å². The molecule has 2 N–H and O–H groups in total. The van der Waals surface area contributed by atoms with Gasteiger partial charge in [-0.05, 0) is 38.1 Å². The lowest BCUT2D eigenvalue weighted by Crippen LogP contribution is -2.37. The Labute approximate surface area is 186 Å². The third-order valence-corrected chi connectivity index (χ3v) is 5.17. The Bertz CT molecular complexity index is 764. The Kier molecular flexibility index (Phi) is 10.5. The van der Waals surface area contributed by atoms with Crippen LogP contribution >= 0.6 is 24.0 Å². The summed E-state index contributed by atoms with van der Waals surface area (Å²) in [5.74, 6) is 0.801. The number of hydrogen-bond donors (Lipinski definition) is 2. The van der Waals surface area contributed by atoms with Crippen molar-refractivity contribution in [2.45, 2.75) is 47.3 Å². The summed E-state index contributed by atoms with van der Waals surface area (Å²) in [6.07, 6.45) is 0. The molecule has 0 aliphatic rings. The van der Waals surface area contributed by atoms with Crippen molar-refractivity contribution in [3.05, 3.63) is 52.3 Å². The minimum atomic E-state index is 0. The molecule has 0 saturated carbocycles. The molecule has 1 aromatic carbocycles. The molecule has 1 heterocycles. The minimum Gasteiger partial charge on any atom is -0.352 e. The Morgan fingerprint density at radius 3 is 2.21 bits per heavy atom. The van der Waals surface area contributed by atoms with Crippen LogP contribution < -0.4 is 10.6 Å². The molecule has 0 radical (unpaired) electrons. The highest BCUT2D eigenvalue weighted by molar-refractivity contribution is 14.0. The van der Waals surface area contributed by atoms with Gasteiger partial charge in [-0.3, -0.25) is 14.6 Å². The summed E-state index contributed by atoms with van der Waals surface area (Å²) in [7, 11) is 3.78. The number of aryl methyl sites for hydroxylation is 2. The van der Waals surface area contributed by atoms with Crippen molar-refractivity contribution in [3.63, 3.8) is 0 Å². The predicted molar refractivity (Wildman–Crippen MR) is 128 cm³/mol. The highest BCUT2D eigenvalue weighted by Gasteiger charge is 2.10. The van der Waals surface area contributed by atoms with E-state index in [4.69, 9.17) is 0 Å². The summed E-state index contributed by atoms with van der Waals surface area (Å²) in [5, 5.41) is 11.3. The molecular formula is C21H35IN6. The second-order valence-corrected chi connectivity index (χ2v) is 6.78. The molecule has 0 amide bonds. The van der Waals surface area contributed by atoms with Gasteiger partial charge in [-0.2, -0.15) is 5.10 Å². The van der Waals surface area contributed by atoms with Crippen molar-refractivity contribution >= 4 is 29.9 Å². The lowest BCUT2D eigenvalue weighted by atomic mass is 10.1. The fourth-order valence-corrected chi connectivity index (χ4v) is 3.22. The molecule has 2 aromatic rings. The monoisotopic (exact) mass is 498 g/mol. The Hall–Kier alpha value is -1.61. The van der Waals surface area contributed by atoms with E-state index in [1.54, 1.807) is 7.05 Å². The number of guanidine groups is 1. The third kappa shape index (κ3) is 6.48. The molecule has 0 spiro atoms. The maximum atomic E-state index is 4.47. The fourth-order valence-electron chi connectivity index (χ4n) is 3.22. The molecule has 7 heteroatoms. The van der Waals surface area contributed by atoms with E-state index in [2.05, 4.69) is 70.7 Å². The molecule has 2 rings (SSSR count). The zero-order valence-electron chi connectivity index (χ0n) is 18.0. The van der Waals surface area contributed by atoms with Gasteiger partial charge in [0.15, 0.2) is 5.96 Å². The van der Waals surface area contributed by atoms with E-state index in [1.807, 2.05) is 18.7 Å². The van der Waals surface area contributed by atoms with Crippen molar-refractivity contribution in [1.29, 1.82) is 0 Å². The van der Waals surface area contributed by atoms with Gasteiger partial charge in [0.1, 0.15) is 0 Å². The predicted octanol–water partition coefficient (Wildman–Crippen LogP) is 3.36. The van der Waals surface area contributed by atoms with E-state index in [9.17, 15) is 0 Å². The SMILES string of the molecule is CCN(CC)Cc1ccccc1CNC(=NC)NCc1c(C)nn(C)c1C.I. The zero-order valence-corrected chi connectivity index (χ0v) is 20.4. The highest BCUT2D eigenvalue weighted by atomic mass is 127. The first kappa shape index (κ1) is 24.4. The van der Waals surface area contributed by atoms with Gasteiger partial charge in [-0.15, -0.1) is 24.0 Å². The van der Waals surface area contributed by atoms with Gasteiger partial charge in [-0.25, -0.2) is 0 Å². The van der Waals surface area contributed by atoms with Crippen LogP contribution in [-0.2, 0) is 26.7 Å². The number of halogens is 1. The molecule has 6 nitrogen and oxygen atoms in total. The molecule has 0 fully saturated rings. The van der Waals surface area contributed by atoms with Gasteiger partial charge in [0, 0.05) is 45.0 Å². The lowest BCUT2D eigenvalue weighted by molar-refractivity contribution is 0.295. The summed E-state index contributed by atoms with van der Waals surface area (Å²) < 4.78 is 1.92. The average molecular weight is 498 g/mol. The smallest absolute Gasteiger partial charge is 0.191 e. The molecular weight excluding hydrogens is 463 g/mol. The first-order chi connectivity index (χ1) is 13.0. The molecule has 0 aliphatic carbocycles. The van der Waals surface area contributed by atoms with Crippen LogP contribution in [0.25, 0.3) is 0 Å². The van der Waals surface area contributed by atoms with Crippen LogP contribution in [0.3, 0.4) is 0 Å². The third-order valence-electron chi connectivity index (χ3n) is 5.17. The van der Waals surface area contributed by atoms with Gasteiger partial charge in [0.2, 0.25) is 0 Å². The number of nitrogens with zero attached hydrogens (tertiary/aromatic N) is 4. The normalized spacial score (nSPS) is 11.5. The molecule has 1 aromatic heterocycles. The number of rotatable bonds is 8. The van der Waals surface area contributed by atoms with E-state index >= 15 is 0 Å². The number of aromatic nitrogens is 2. The quantitative estimate of drug-likeness (QED) is 0.333. The Morgan fingerprint density at radius 1 is 1.07 bits per heavy atom. The van der Waals surface area contributed by atoms with Crippen molar-refractivity contribution in [2.75, 3.05) is 20.1 Å². The second-order valence-electron chi connectivity index (χ2n) is 6.78. The first-order valence-corrected chi connectivity index (χ1v) is 9.72. The van der Waals surface area contributed by atoms with Gasteiger partial charge in [0.25, 0.3) is 0 Å². The fraction of sp³-hybridized carbons (Fsp3) is 0.524. The molecule has 28 heavy (non-hydrogen) atoms. The summed E-state index contributed by atoms with van der Waals surface area (Å²) >= 11 is 0. The summed E-state index contributed by atoms with van der Waals surface area (Å²) in [4.78, 5) is 6.79. The van der Waals surface area contributed by atoms with Crippen LogP contribution in [0, 0.1) is 13.8 Å². The maximum absolute atomic E-state index is 4.47. The van der Waals surface area contributed by atoms with Crippen molar-refractivity contribution in [2.24, 2.45) is 12.0 Å². The molecule has 0 atom stereocenters. The maximum Gasteiger partial charge on any atom is 0.191 e. The molecule has 0 unspecified atom stereocenters. The van der Waals surface area contributed by atoms with Crippen LogP contribution in [-0.4, -0.2) is 40.8 Å². The van der Waals surface area contributed by atoms with E-state index in [1.165, 1.54) is 22.4 Å². The van der Waals surface area contributed by atoms with E-state index in [0.29, 0.717) is 6.54 Å². The number of aliphatic imine (C=N–C) groups is 1. The summed E-state index contributed by atoms with van der Waals surface area (Å²) in [6, 6.07) is 8.62. The van der Waals surface area contributed by atoms with Gasteiger partial charge >= 0.3 is 0 Å². The van der Waals surface area contributed by atoms with E-state index in [0.717, 1.165) is 37.8 Å². The largest absolute Gasteiger partial charge is 0.352 e. The topological polar surface area (TPSA) is 57.5 Å². The van der Waals surface area contributed by atoms with Crippen LogP contribution in [0.15, 0.2) is 29.3 Å². The van der Waals surface area contributed by atoms with Gasteiger partial charge < -0.3 is 10.6 Å². The number of hydrogen-bond acceptors (Lipinski definition) is 3. The molecule has 0 saturated heterocycles. The van der Waals surface area contributed by atoms with E-state index < -0.39 is 0 Å². The average Bonchev–Trinajstić information content (AvgIpc) is 2.92. The number of benzene rings is 1. The summed E-state index contributed by atoms with van der Waals surface area (Å²) in [5.41, 5.74) is 6.13. The Morgan fingerprint density at radius 2 is 1.68 bits per heavy atom. The lowest BCUT2D eigenvalue weighted by Gasteiger charge is -2.20. The van der Waals surface area contributed by atoms with Crippen LogP contribution in [0.5, 0.6) is 0 Å². The van der Waals surface area contributed by atoms with Crippen LogP contribution in [0.2, 0.25) is 0 Å². The second kappa shape index (κ2) is 12.1. The standard InChI is InChI=1S/C21H34N6.HI/c1-7-27(8-2)15-19-12-10-9-11-18(19)13-23-21(22-5)24-14-20-16(3)25-26(6)17(20)4;/h9-12H,7-8,13-15H2,1-6H3,(H2,22,23,24);1H. The molecule has 0 bridgehead atoms. The van der Waals surface area contributed by atoms with Crippen molar-refractivity contribution in [1.82, 2.24) is 25.3 Å². The first-order valence-electron chi connectivity index (χ1n) is 9.72. The van der Waals surface area contributed by atoms with E-state index in [-0.39, 0.29) is 24.0 Å². The Balaban J connectivity index is 0.00000392. The van der Waals surface area contributed by atoms with Crippen molar-refractivity contribution < 1.29 is 0 Å². The minimum absolute atomic E-state index is 0. The van der Waals surface area contributed by atoms with Crippen molar-refractivity contribution in [3.8, 4) is 0 Å². The molecule has 0 aliphatic heterocycles. The molecule has 156 valence electrons. The van der Waals surface area contributed by atoms with Crippen LogP contribution in [0.1, 0.15) is 41.9 Å².